The predicted octanol–water partition coefficient (Wildman–Crippen LogP) is 3.08. The summed E-state index contributed by atoms with van der Waals surface area (Å²) in [5.41, 5.74) is 8.05. The van der Waals surface area contributed by atoms with Crippen molar-refractivity contribution in [1.29, 1.82) is 0 Å². The molecule has 19 heavy (non-hydrogen) atoms. The summed E-state index contributed by atoms with van der Waals surface area (Å²) in [5.74, 6) is 1.66. The Bertz CT molecular complexity index is 505. The number of benzene rings is 2. The standard InChI is InChI=1S/C16H19NO2/c1-12-3-7-15(8-4-12)19-16(11-17)13-5-9-14(18-2)10-6-13/h3-10,16H,11,17H2,1-2H3. The van der Waals surface area contributed by atoms with Crippen molar-refractivity contribution >= 4 is 0 Å². The van der Waals surface area contributed by atoms with Crippen LogP contribution in [0.3, 0.4) is 0 Å². The molecule has 0 fully saturated rings. The minimum Gasteiger partial charge on any atom is -0.497 e. The maximum atomic E-state index is 5.91. The molecule has 0 heterocycles. The average molecular weight is 257 g/mol. The van der Waals surface area contributed by atoms with Crippen molar-refractivity contribution in [2.24, 2.45) is 5.73 Å². The van der Waals surface area contributed by atoms with Crippen LogP contribution in [0.1, 0.15) is 17.2 Å². The molecule has 1 unspecified atom stereocenters. The monoisotopic (exact) mass is 257 g/mol. The first-order chi connectivity index (χ1) is 9.22. The fraction of sp³-hybridized carbons (Fsp3) is 0.250. The van der Waals surface area contributed by atoms with E-state index in [4.69, 9.17) is 15.2 Å². The van der Waals surface area contributed by atoms with E-state index in [1.165, 1.54) is 5.56 Å². The molecule has 2 rings (SSSR count). The third-order valence-electron chi connectivity index (χ3n) is 3.00. The van der Waals surface area contributed by atoms with Crippen molar-refractivity contribution in [3.63, 3.8) is 0 Å². The molecule has 0 amide bonds. The second-order valence-electron chi connectivity index (χ2n) is 4.43. The van der Waals surface area contributed by atoms with Gasteiger partial charge in [-0.05, 0) is 36.8 Å². The molecular formula is C16H19NO2. The van der Waals surface area contributed by atoms with E-state index in [0.717, 1.165) is 17.1 Å². The SMILES string of the molecule is COc1ccc(C(CN)Oc2ccc(C)cc2)cc1. The average Bonchev–Trinajstić information content (AvgIpc) is 2.47. The van der Waals surface area contributed by atoms with Crippen LogP contribution in [0.25, 0.3) is 0 Å². The van der Waals surface area contributed by atoms with Gasteiger partial charge in [-0.15, -0.1) is 0 Å². The zero-order valence-corrected chi connectivity index (χ0v) is 11.3. The summed E-state index contributed by atoms with van der Waals surface area (Å²) < 4.78 is 11.1. The summed E-state index contributed by atoms with van der Waals surface area (Å²) in [6, 6.07) is 15.7. The molecule has 0 aliphatic carbocycles. The van der Waals surface area contributed by atoms with E-state index in [1.807, 2.05) is 55.5 Å². The van der Waals surface area contributed by atoms with E-state index in [2.05, 4.69) is 0 Å². The number of hydrogen-bond donors (Lipinski definition) is 1. The lowest BCUT2D eigenvalue weighted by Crippen LogP contribution is -2.18. The number of methoxy groups -OCH3 is 1. The summed E-state index contributed by atoms with van der Waals surface area (Å²) in [5, 5.41) is 0. The maximum absolute atomic E-state index is 5.91. The van der Waals surface area contributed by atoms with Gasteiger partial charge < -0.3 is 15.2 Å². The van der Waals surface area contributed by atoms with E-state index in [-0.39, 0.29) is 6.10 Å². The van der Waals surface area contributed by atoms with Crippen LogP contribution in [0, 0.1) is 6.92 Å². The molecule has 0 aromatic heterocycles. The summed E-state index contributed by atoms with van der Waals surface area (Å²) >= 11 is 0. The van der Waals surface area contributed by atoms with Gasteiger partial charge in [0.05, 0.1) is 7.11 Å². The van der Waals surface area contributed by atoms with Crippen molar-refractivity contribution in [3.05, 3.63) is 59.7 Å². The van der Waals surface area contributed by atoms with Gasteiger partial charge in [0.2, 0.25) is 0 Å². The molecular weight excluding hydrogens is 238 g/mol. The molecule has 0 spiro atoms. The normalized spacial score (nSPS) is 11.9. The largest absolute Gasteiger partial charge is 0.497 e. The molecule has 3 nitrogen and oxygen atoms in total. The molecule has 1 atom stereocenters. The molecule has 100 valence electrons. The Kier molecular flexibility index (Phi) is 4.42. The van der Waals surface area contributed by atoms with Gasteiger partial charge in [0, 0.05) is 6.54 Å². The van der Waals surface area contributed by atoms with Crippen LogP contribution in [-0.2, 0) is 0 Å². The van der Waals surface area contributed by atoms with Gasteiger partial charge in [-0.25, -0.2) is 0 Å². The Morgan fingerprint density at radius 1 is 0.947 bits per heavy atom. The molecule has 2 N–H and O–H groups in total. The molecule has 0 saturated heterocycles. The molecule has 0 radical (unpaired) electrons. The highest BCUT2D eigenvalue weighted by molar-refractivity contribution is 5.31. The minimum atomic E-state index is -0.145. The van der Waals surface area contributed by atoms with Crippen LogP contribution < -0.4 is 15.2 Å². The van der Waals surface area contributed by atoms with Crippen molar-refractivity contribution in [2.45, 2.75) is 13.0 Å². The Hall–Kier alpha value is -2.00. The maximum Gasteiger partial charge on any atom is 0.136 e. The van der Waals surface area contributed by atoms with Gasteiger partial charge in [-0.1, -0.05) is 29.8 Å². The van der Waals surface area contributed by atoms with E-state index < -0.39 is 0 Å². The molecule has 0 saturated carbocycles. The molecule has 2 aromatic carbocycles. The van der Waals surface area contributed by atoms with Gasteiger partial charge in [0.1, 0.15) is 17.6 Å². The molecule has 3 heteroatoms. The van der Waals surface area contributed by atoms with Crippen molar-refractivity contribution in [1.82, 2.24) is 0 Å². The summed E-state index contributed by atoms with van der Waals surface area (Å²) in [6.45, 7) is 2.48. The van der Waals surface area contributed by atoms with Gasteiger partial charge >= 0.3 is 0 Å². The van der Waals surface area contributed by atoms with E-state index in [9.17, 15) is 0 Å². The van der Waals surface area contributed by atoms with Crippen LogP contribution in [0.5, 0.6) is 11.5 Å². The zero-order valence-electron chi connectivity index (χ0n) is 11.3. The number of ether oxygens (including phenoxy) is 2. The predicted molar refractivity (Wildman–Crippen MR) is 76.6 cm³/mol. The smallest absolute Gasteiger partial charge is 0.136 e. The topological polar surface area (TPSA) is 44.5 Å². The lowest BCUT2D eigenvalue weighted by atomic mass is 10.1. The summed E-state index contributed by atoms with van der Waals surface area (Å²) in [4.78, 5) is 0. The highest BCUT2D eigenvalue weighted by Gasteiger charge is 2.11. The highest BCUT2D eigenvalue weighted by Crippen LogP contribution is 2.23. The second kappa shape index (κ2) is 6.25. The minimum absolute atomic E-state index is 0.145. The lowest BCUT2D eigenvalue weighted by Gasteiger charge is -2.18. The van der Waals surface area contributed by atoms with Gasteiger partial charge in [-0.3, -0.25) is 0 Å². The Morgan fingerprint density at radius 3 is 2.05 bits per heavy atom. The van der Waals surface area contributed by atoms with E-state index >= 15 is 0 Å². The number of nitrogens with two attached hydrogens (primary N) is 1. The van der Waals surface area contributed by atoms with Crippen LogP contribution in [-0.4, -0.2) is 13.7 Å². The van der Waals surface area contributed by atoms with Crippen LogP contribution in [0.15, 0.2) is 48.5 Å². The van der Waals surface area contributed by atoms with Crippen LogP contribution >= 0.6 is 0 Å². The summed E-state index contributed by atoms with van der Waals surface area (Å²) in [7, 11) is 1.65. The molecule has 0 bridgehead atoms. The van der Waals surface area contributed by atoms with E-state index in [0.29, 0.717) is 6.54 Å². The van der Waals surface area contributed by atoms with Crippen LogP contribution in [0.2, 0.25) is 0 Å². The number of aryl methyl sites for hydroxylation is 1. The Morgan fingerprint density at radius 2 is 1.53 bits per heavy atom. The molecule has 0 aliphatic heterocycles. The van der Waals surface area contributed by atoms with Gasteiger partial charge in [0.25, 0.3) is 0 Å². The number of hydrogen-bond acceptors (Lipinski definition) is 3. The first-order valence-corrected chi connectivity index (χ1v) is 6.30. The fourth-order valence-corrected chi connectivity index (χ4v) is 1.85. The van der Waals surface area contributed by atoms with Crippen molar-refractivity contribution < 1.29 is 9.47 Å². The fourth-order valence-electron chi connectivity index (χ4n) is 1.85. The third kappa shape index (κ3) is 3.48. The van der Waals surface area contributed by atoms with Crippen molar-refractivity contribution in [2.75, 3.05) is 13.7 Å². The Balaban J connectivity index is 2.12. The Labute approximate surface area is 114 Å². The quantitative estimate of drug-likeness (QED) is 0.895. The third-order valence-corrected chi connectivity index (χ3v) is 3.00. The second-order valence-corrected chi connectivity index (χ2v) is 4.43. The summed E-state index contributed by atoms with van der Waals surface area (Å²) in [6.07, 6.45) is -0.145. The van der Waals surface area contributed by atoms with E-state index in [1.54, 1.807) is 7.11 Å². The first-order valence-electron chi connectivity index (χ1n) is 6.30. The highest BCUT2D eigenvalue weighted by atomic mass is 16.5. The van der Waals surface area contributed by atoms with Gasteiger partial charge in [-0.2, -0.15) is 0 Å². The number of rotatable bonds is 5. The zero-order chi connectivity index (χ0) is 13.7. The first kappa shape index (κ1) is 13.4. The van der Waals surface area contributed by atoms with Crippen molar-refractivity contribution in [3.8, 4) is 11.5 Å². The molecule has 0 aliphatic rings. The van der Waals surface area contributed by atoms with Crippen LogP contribution in [0.4, 0.5) is 0 Å². The molecule has 2 aromatic rings. The lowest BCUT2D eigenvalue weighted by molar-refractivity contribution is 0.214. The van der Waals surface area contributed by atoms with Gasteiger partial charge in [0.15, 0.2) is 0 Å².